The summed E-state index contributed by atoms with van der Waals surface area (Å²) in [4.78, 5) is 10.5. The number of aliphatic hydroxyl groups excluding tert-OH is 1. The number of aliphatic carboxylic acids is 1. The molecule has 82 valence electrons. The van der Waals surface area contributed by atoms with E-state index >= 15 is 0 Å². The molecule has 14 heavy (non-hydrogen) atoms. The highest BCUT2D eigenvalue weighted by Gasteiger charge is 2.26. The molecule has 3 N–H and O–H groups in total. The molecule has 0 aromatic heterocycles. The first-order valence-corrected chi connectivity index (χ1v) is 5.29. The molecular formula is C10H19NO3. The SMILES string of the molecule is CCC(O)[C@@H]1CCC[C@H](CC(=O)O)N1. The van der Waals surface area contributed by atoms with Gasteiger partial charge < -0.3 is 15.5 Å². The number of carboxylic acid groups (broad SMARTS) is 1. The Morgan fingerprint density at radius 3 is 2.86 bits per heavy atom. The van der Waals surface area contributed by atoms with Gasteiger partial charge in [0.15, 0.2) is 0 Å². The lowest BCUT2D eigenvalue weighted by molar-refractivity contribution is -0.137. The maximum Gasteiger partial charge on any atom is 0.304 e. The van der Waals surface area contributed by atoms with Gasteiger partial charge in [-0.3, -0.25) is 4.79 Å². The molecule has 1 rings (SSSR count). The summed E-state index contributed by atoms with van der Waals surface area (Å²) in [5, 5.41) is 21.5. The smallest absolute Gasteiger partial charge is 0.304 e. The molecule has 1 heterocycles. The Kier molecular flexibility index (Phi) is 4.35. The fourth-order valence-electron chi connectivity index (χ4n) is 2.01. The van der Waals surface area contributed by atoms with Gasteiger partial charge in [-0.15, -0.1) is 0 Å². The van der Waals surface area contributed by atoms with Crippen LogP contribution in [0.5, 0.6) is 0 Å². The van der Waals surface area contributed by atoms with Crippen molar-refractivity contribution in [3.63, 3.8) is 0 Å². The molecule has 0 aromatic carbocycles. The highest BCUT2D eigenvalue weighted by atomic mass is 16.4. The topological polar surface area (TPSA) is 69.6 Å². The third kappa shape index (κ3) is 3.27. The van der Waals surface area contributed by atoms with E-state index in [0.717, 1.165) is 25.7 Å². The number of hydrogen-bond donors (Lipinski definition) is 3. The Morgan fingerprint density at radius 1 is 1.57 bits per heavy atom. The lowest BCUT2D eigenvalue weighted by Crippen LogP contribution is -2.49. The van der Waals surface area contributed by atoms with Crippen LogP contribution in [-0.4, -0.2) is 34.4 Å². The Bertz CT molecular complexity index is 196. The van der Waals surface area contributed by atoms with Crippen LogP contribution in [0.4, 0.5) is 0 Å². The molecule has 3 atom stereocenters. The van der Waals surface area contributed by atoms with E-state index in [0.29, 0.717) is 0 Å². The second kappa shape index (κ2) is 5.32. The van der Waals surface area contributed by atoms with E-state index in [1.54, 1.807) is 0 Å². The molecule has 0 bridgehead atoms. The maximum atomic E-state index is 10.5. The number of carboxylic acids is 1. The second-order valence-electron chi connectivity index (χ2n) is 3.97. The molecule has 0 spiro atoms. The van der Waals surface area contributed by atoms with Crippen LogP contribution in [0.25, 0.3) is 0 Å². The third-order valence-corrected chi connectivity index (χ3v) is 2.82. The minimum Gasteiger partial charge on any atom is -0.481 e. The molecule has 0 amide bonds. The van der Waals surface area contributed by atoms with Crippen molar-refractivity contribution in [2.75, 3.05) is 0 Å². The molecule has 1 aliphatic rings. The van der Waals surface area contributed by atoms with Gasteiger partial charge in [0, 0.05) is 12.1 Å². The van der Waals surface area contributed by atoms with Crippen molar-refractivity contribution >= 4 is 5.97 Å². The van der Waals surface area contributed by atoms with Gasteiger partial charge in [0.25, 0.3) is 0 Å². The number of hydrogen-bond acceptors (Lipinski definition) is 3. The normalized spacial score (nSPS) is 29.9. The largest absolute Gasteiger partial charge is 0.481 e. The van der Waals surface area contributed by atoms with E-state index in [4.69, 9.17) is 5.11 Å². The van der Waals surface area contributed by atoms with Gasteiger partial charge in [-0.2, -0.15) is 0 Å². The quantitative estimate of drug-likeness (QED) is 0.627. The van der Waals surface area contributed by atoms with Crippen molar-refractivity contribution in [2.45, 2.75) is 57.2 Å². The third-order valence-electron chi connectivity index (χ3n) is 2.82. The molecular weight excluding hydrogens is 182 g/mol. The summed E-state index contributed by atoms with van der Waals surface area (Å²) in [5.41, 5.74) is 0. The molecule has 4 heteroatoms. The molecule has 0 saturated carbocycles. The van der Waals surface area contributed by atoms with E-state index in [2.05, 4.69) is 5.32 Å². The van der Waals surface area contributed by atoms with Gasteiger partial charge in [0.2, 0.25) is 0 Å². The molecule has 0 radical (unpaired) electrons. The minimum absolute atomic E-state index is 0.0347. The fourth-order valence-corrected chi connectivity index (χ4v) is 2.01. The van der Waals surface area contributed by atoms with Crippen LogP contribution in [0.2, 0.25) is 0 Å². The van der Waals surface area contributed by atoms with Crippen molar-refractivity contribution in [2.24, 2.45) is 0 Å². The van der Waals surface area contributed by atoms with Crippen molar-refractivity contribution in [3.8, 4) is 0 Å². The van der Waals surface area contributed by atoms with Crippen molar-refractivity contribution < 1.29 is 15.0 Å². The first kappa shape index (κ1) is 11.5. The lowest BCUT2D eigenvalue weighted by Gasteiger charge is -2.32. The second-order valence-corrected chi connectivity index (χ2v) is 3.97. The van der Waals surface area contributed by atoms with Crippen LogP contribution in [0.3, 0.4) is 0 Å². The van der Waals surface area contributed by atoms with Crippen LogP contribution in [0, 0.1) is 0 Å². The minimum atomic E-state index is -0.769. The summed E-state index contributed by atoms with van der Waals surface area (Å²) in [7, 11) is 0. The van der Waals surface area contributed by atoms with Crippen LogP contribution in [0.1, 0.15) is 39.0 Å². The molecule has 4 nitrogen and oxygen atoms in total. The predicted molar refractivity (Wildman–Crippen MR) is 53.1 cm³/mol. The van der Waals surface area contributed by atoms with Gasteiger partial charge in [0.05, 0.1) is 12.5 Å². The fraction of sp³-hybridized carbons (Fsp3) is 0.900. The molecule has 0 aromatic rings. The summed E-state index contributed by atoms with van der Waals surface area (Å²) in [6.45, 7) is 1.94. The molecule has 0 aliphatic carbocycles. The van der Waals surface area contributed by atoms with Gasteiger partial charge in [-0.25, -0.2) is 0 Å². The van der Waals surface area contributed by atoms with E-state index in [1.807, 2.05) is 6.92 Å². The van der Waals surface area contributed by atoms with E-state index in [9.17, 15) is 9.90 Å². The predicted octanol–water partition coefficient (Wildman–Crippen LogP) is 0.743. The van der Waals surface area contributed by atoms with Gasteiger partial charge >= 0.3 is 5.97 Å². The first-order chi connectivity index (χ1) is 6.63. The van der Waals surface area contributed by atoms with E-state index in [1.165, 1.54) is 0 Å². The zero-order chi connectivity index (χ0) is 10.6. The Hall–Kier alpha value is -0.610. The van der Waals surface area contributed by atoms with Crippen LogP contribution >= 0.6 is 0 Å². The van der Waals surface area contributed by atoms with Gasteiger partial charge in [0.1, 0.15) is 0 Å². The molecule has 1 saturated heterocycles. The Morgan fingerprint density at radius 2 is 2.29 bits per heavy atom. The summed E-state index contributed by atoms with van der Waals surface area (Å²) < 4.78 is 0. The first-order valence-electron chi connectivity index (χ1n) is 5.29. The van der Waals surface area contributed by atoms with Gasteiger partial charge in [-0.1, -0.05) is 13.3 Å². The summed E-state index contributed by atoms with van der Waals surface area (Å²) in [6.07, 6.45) is 3.40. The average Bonchev–Trinajstić information content (AvgIpc) is 2.16. The Balaban J connectivity index is 2.39. The van der Waals surface area contributed by atoms with Gasteiger partial charge in [-0.05, 0) is 19.3 Å². The zero-order valence-corrected chi connectivity index (χ0v) is 8.57. The number of carbonyl (C=O) groups is 1. The molecule has 1 fully saturated rings. The van der Waals surface area contributed by atoms with Crippen LogP contribution in [-0.2, 0) is 4.79 Å². The van der Waals surface area contributed by atoms with Crippen molar-refractivity contribution in [1.82, 2.24) is 5.32 Å². The van der Waals surface area contributed by atoms with E-state index < -0.39 is 5.97 Å². The molecule has 1 aliphatic heterocycles. The Labute approximate surface area is 84.3 Å². The number of aliphatic hydroxyl groups is 1. The summed E-state index contributed by atoms with van der Waals surface area (Å²) in [6, 6.07) is 0.116. The number of nitrogens with one attached hydrogen (secondary N) is 1. The summed E-state index contributed by atoms with van der Waals surface area (Å²) >= 11 is 0. The van der Waals surface area contributed by atoms with Crippen molar-refractivity contribution in [3.05, 3.63) is 0 Å². The van der Waals surface area contributed by atoms with Crippen LogP contribution in [0.15, 0.2) is 0 Å². The highest BCUT2D eigenvalue weighted by molar-refractivity contribution is 5.67. The van der Waals surface area contributed by atoms with Crippen molar-refractivity contribution in [1.29, 1.82) is 0 Å². The van der Waals surface area contributed by atoms with Crippen LogP contribution < -0.4 is 5.32 Å². The average molecular weight is 201 g/mol. The highest BCUT2D eigenvalue weighted by Crippen LogP contribution is 2.18. The number of rotatable bonds is 4. The number of piperidine rings is 1. The zero-order valence-electron chi connectivity index (χ0n) is 8.57. The monoisotopic (exact) mass is 201 g/mol. The van der Waals surface area contributed by atoms with E-state index in [-0.39, 0.29) is 24.6 Å². The maximum absolute atomic E-state index is 10.5. The summed E-state index contributed by atoms with van der Waals surface area (Å²) in [5.74, 6) is -0.769. The lowest BCUT2D eigenvalue weighted by atomic mass is 9.92. The molecule has 1 unspecified atom stereocenters. The standard InChI is InChI=1S/C10H19NO3/c1-2-9(12)8-5-3-4-7(11-8)6-10(13)14/h7-9,11-12H,2-6H2,1H3,(H,13,14)/t7-,8+,9?/m1/s1.